The summed E-state index contributed by atoms with van der Waals surface area (Å²) in [5.41, 5.74) is 1.47. The SMILES string of the molecule is COc1ccc2nc(Nc3cc(C(=O)NC4CCNC4)ccn3)sc2c1. The lowest BCUT2D eigenvalue weighted by molar-refractivity contribution is 0.0940. The topological polar surface area (TPSA) is 88.2 Å². The molecule has 3 N–H and O–H groups in total. The lowest BCUT2D eigenvalue weighted by Crippen LogP contribution is -2.36. The fourth-order valence-electron chi connectivity index (χ4n) is 2.88. The van der Waals surface area contributed by atoms with E-state index >= 15 is 0 Å². The highest BCUT2D eigenvalue weighted by atomic mass is 32.1. The number of rotatable bonds is 5. The molecule has 8 heteroatoms. The van der Waals surface area contributed by atoms with Gasteiger partial charge in [-0.3, -0.25) is 4.79 Å². The molecule has 0 aliphatic carbocycles. The number of hydrogen-bond acceptors (Lipinski definition) is 7. The van der Waals surface area contributed by atoms with E-state index in [9.17, 15) is 4.79 Å². The lowest BCUT2D eigenvalue weighted by atomic mass is 10.2. The Morgan fingerprint density at radius 1 is 1.35 bits per heavy atom. The summed E-state index contributed by atoms with van der Waals surface area (Å²) in [4.78, 5) is 21.2. The van der Waals surface area contributed by atoms with Crippen LogP contribution in [0, 0.1) is 0 Å². The van der Waals surface area contributed by atoms with Crippen LogP contribution in [0.4, 0.5) is 10.9 Å². The monoisotopic (exact) mass is 369 g/mol. The average Bonchev–Trinajstić information content (AvgIpc) is 3.30. The first kappa shape index (κ1) is 16.7. The Bertz CT molecular complexity index is 936. The van der Waals surface area contributed by atoms with Crippen molar-refractivity contribution in [3.05, 3.63) is 42.1 Å². The van der Waals surface area contributed by atoms with E-state index in [2.05, 4.69) is 25.9 Å². The summed E-state index contributed by atoms with van der Waals surface area (Å²) in [6, 6.07) is 9.39. The normalized spacial score (nSPS) is 16.6. The van der Waals surface area contributed by atoms with Crippen LogP contribution in [0.1, 0.15) is 16.8 Å². The quantitative estimate of drug-likeness (QED) is 0.641. The molecule has 0 radical (unpaired) electrons. The minimum Gasteiger partial charge on any atom is -0.497 e. The highest BCUT2D eigenvalue weighted by molar-refractivity contribution is 7.22. The third kappa shape index (κ3) is 3.61. The number of pyridine rings is 1. The average molecular weight is 369 g/mol. The zero-order valence-corrected chi connectivity index (χ0v) is 15.1. The summed E-state index contributed by atoms with van der Waals surface area (Å²) >= 11 is 1.51. The standard InChI is InChI=1S/C18H19N5O2S/c1-25-13-2-3-14-15(9-13)26-18(22-14)23-16-8-11(4-7-20-16)17(24)21-12-5-6-19-10-12/h2-4,7-9,12,19H,5-6,10H2,1H3,(H,21,24)(H,20,22,23). The molecule has 0 bridgehead atoms. The first-order chi connectivity index (χ1) is 12.7. The first-order valence-corrected chi connectivity index (χ1v) is 9.22. The van der Waals surface area contributed by atoms with E-state index in [0.717, 1.165) is 40.6 Å². The van der Waals surface area contributed by atoms with Crippen molar-refractivity contribution >= 4 is 38.4 Å². The van der Waals surface area contributed by atoms with Crippen molar-refractivity contribution in [1.82, 2.24) is 20.6 Å². The number of ether oxygens (including phenoxy) is 1. The van der Waals surface area contributed by atoms with E-state index in [-0.39, 0.29) is 11.9 Å². The van der Waals surface area contributed by atoms with Gasteiger partial charge in [0.25, 0.3) is 5.91 Å². The number of nitrogens with one attached hydrogen (secondary N) is 3. The summed E-state index contributed by atoms with van der Waals surface area (Å²) in [7, 11) is 1.64. The second kappa shape index (κ2) is 7.27. The molecule has 1 aliphatic rings. The predicted octanol–water partition coefficient (Wildman–Crippen LogP) is 2.54. The third-order valence-corrected chi connectivity index (χ3v) is 5.18. The fraction of sp³-hybridized carbons (Fsp3) is 0.278. The van der Waals surface area contributed by atoms with E-state index < -0.39 is 0 Å². The number of nitrogens with zero attached hydrogens (tertiary/aromatic N) is 2. The maximum absolute atomic E-state index is 12.4. The molecule has 2 aromatic heterocycles. The minimum atomic E-state index is -0.0850. The third-order valence-electron chi connectivity index (χ3n) is 4.25. The zero-order chi connectivity index (χ0) is 17.9. The van der Waals surface area contributed by atoms with Gasteiger partial charge in [0.2, 0.25) is 0 Å². The molecule has 1 atom stereocenters. The first-order valence-electron chi connectivity index (χ1n) is 8.40. The molecule has 7 nitrogen and oxygen atoms in total. The fourth-order valence-corrected chi connectivity index (χ4v) is 3.78. The Morgan fingerprint density at radius 2 is 2.27 bits per heavy atom. The Kier molecular flexibility index (Phi) is 4.68. The molecule has 4 rings (SSSR count). The Balaban J connectivity index is 1.50. The zero-order valence-electron chi connectivity index (χ0n) is 14.3. The van der Waals surface area contributed by atoms with Crippen LogP contribution in [-0.4, -0.2) is 42.1 Å². The van der Waals surface area contributed by atoms with E-state index in [4.69, 9.17) is 4.74 Å². The van der Waals surface area contributed by atoms with Gasteiger partial charge in [0.15, 0.2) is 5.13 Å². The molecule has 1 fully saturated rings. The van der Waals surface area contributed by atoms with Crippen LogP contribution in [0.5, 0.6) is 5.75 Å². The summed E-state index contributed by atoms with van der Waals surface area (Å²) in [6.45, 7) is 1.76. The van der Waals surface area contributed by atoms with Gasteiger partial charge in [0.05, 0.1) is 17.3 Å². The van der Waals surface area contributed by atoms with Crippen LogP contribution in [0.15, 0.2) is 36.5 Å². The molecule has 1 unspecified atom stereocenters. The van der Waals surface area contributed by atoms with Crippen LogP contribution < -0.4 is 20.7 Å². The van der Waals surface area contributed by atoms with Crippen LogP contribution in [-0.2, 0) is 0 Å². The summed E-state index contributed by atoms with van der Waals surface area (Å²) in [6.07, 6.45) is 2.58. The van der Waals surface area contributed by atoms with Gasteiger partial charge < -0.3 is 20.7 Å². The van der Waals surface area contributed by atoms with Gasteiger partial charge in [-0.05, 0) is 43.3 Å². The van der Waals surface area contributed by atoms with E-state index in [1.54, 1.807) is 25.4 Å². The molecule has 1 amide bonds. The van der Waals surface area contributed by atoms with E-state index in [1.807, 2.05) is 18.2 Å². The highest BCUT2D eigenvalue weighted by Gasteiger charge is 2.18. The van der Waals surface area contributed by atoms with Crippen molar-refractivity contribution in [1.29, 1.82) is 0 Å². The second-order valence-electron chi connectivity index (χ2n) is 6.07. The van der Waals surface area contributed by atoms with Crippen LogP contribution in [0.3, 0.4) is 0 Å². The largest absolute Gasteiger partial charge is 0.497 e. The molecule has 0 spiro atoms. The van der Waals surface area contributed by atoms with Gasteiger partial charge in [-0.2, -0.15) is 0 Å². The molecular formula is C18H19N5O2S. The summed E-state index contributed by atoms with van der Waals surface area (Å²) in [5, 5.41) is 10.2. The molecule has 134 valence electrons. The molecule has 1 saturated heterocycles. The van der Waals surface area contributed by atoms with Crippen molar-refractivity contribution in [2.75, 3.05) is 25.5 Å². The highest BCUT2D eigenvalue weighted by Crippen LogP contribution is 2.30. The lowest BCUT2D eigenvalue weighted by Gasteiger charge is -2.11. The molecule has 0 saturated carbocycles. The molecule has 1 aromatic carbocycles. The number of amides is 1. The number of anilines is 2. The van der Waals surface area contributed by atoms with Crippen LogP contribution in [0.25, 0.3) is 10.2 Å². The van der Waals surface area contributed by atoms with Gasteiger partial charge in [0.1, 0.15) is 11.6 Å². The number of benzene rings is 1. The van der Waals surface area contributed by atoms with Crippen molar-refractivity contribution in [3.63, 3.8) is 0 Å². The molecular weight excluding hydrogens is 350 g/mol. The van der Waals surface area contributed by atoms with Crippen molar-refractivity contribution in [3.8, 4) is 5.75 Å². The Labute approximate surface area is 154 Å². The smallest absolute Gasteiger partial charge is 0.251 e. The Hall–Kier alpha value is -2.71. The molecule has 3 heterocycles. The number of methoxy groups -OCH3 is 1. The van der Waals surface area contributed by atoms with Gasteiger partial charge in [-0.15, -0.1) is 0 Å². The number of fused-ring (bicyclic) bond motifs is 1. The summed E-state index contributed by atoms with van der Waals surface area (Å²) < 4.78 is 6.27. The van der Waals surface area contributed by atoms with E-state index in [0.29, 0.717) is 11.4 Å². The van der Waals surface area contributed by atoms with Crippen LogP contribution in [0.2, 0.25) is 0 Å². The van der Waals surface area contributed by atoms with Gasteiger partial charge in [-0.1, -0.05) is 11.3 Å². The number of thiazole rings is 1. The summed E-state index contributed by atoms with van der Waals surface area (Å²) in [5.74, 6) is 1.30. The molecule has 3 aromatic rings. The van der Waals surface area contributed by atoms with Crippen molar-refractivity contribution in [2.24, 2.45) is 0 Å². The molecule has 26 heavy (non-hydrogen) atoms. The van der Waals surface area contributed by atoms with E-state index in [1.165, 1.54) is 11.3 Å². The van der Waals surface area contributed by atoms with Crippen LogP contribution >= 0.6 is 11.3 Å². The second-order valence-corrected chi connectivity index (χ2v) is 7.10. The number of aromatic nitrogens is 2. The van der Waals surface area contributed by atoms with Crippen molar-refractivity contribution < 1.29 is 9.53 Å². The minimum absolute atomic E-state index is 0.0850. The number of carbonyl (C=O) groups is 1. The van der Waals surface area contributed by atoms with Crippen molar-refractivity contribution in [2.45, 2.75) is 12.5 Å². The van der Waals surface area contributed by atoms with Gasteiger partial charge in [0, 0.05) is 24.3 Å². The maximum atomic E-state index is 12.4. The maximum Gasteiger partial charge on any atom is 0.251 e. The molecule has 1 aliphatic heterocycles. The van der Waals surface area contributed by atoms with Gasteiger partial charge >= 0.3 is 0 Å². The predicted molar refractivity (Wildman–Crippen MR) is 102 cm³/mol. The Morgan fingerprint density at radius 3 is 3.08 bits per heavy atom. The number of carbonyl (C=O) groups excluding carboxylic acids is 1. The van der Waals surface area contributed by atoms with Gasteiger partial charge in [-0.25, -0.2) is 9.97 Å². The number of hydrogen-bond donors (Lipinski definition) is 3.